The lowest BCUT2D eigenvalue weighted by Gasteiger charge is -2.25. The Balaban J connectivity index is 1.51. The van der Waals surface area contributed by atoms with Crippen molar-refractivity contribution in [1.82, 2.24) is 25.4 Å². The second-order valence-corrected chi connectivity index (χ2v) is 6.22. The fourth-order valence-corrected chi connectivity index (χ4v) is 2.69. The molecule has 2 aromatic rings. The van der Waals surface area contributed by atoms with Gasteiger partial charge in [0, 0.05) is 25.0 Å². The Hall–Kier alpha value is -2.37. The lowest BCUT2D eigenvalue weighted by molar-refractivity contribution is 0.232. The molecular formula is C17H23N5O. The summed E-state index contributed by atoms with van der Waals surface area (Å²) in [6, 6.07) is 5.79. The Morgan fingerprint density at radius 2 is 2.13 bits per heavy atom. The van der Waals surface area contributed by atoms with Crippen LogP contribution in [0.15, 0.2) is 24.4 Å². The molecule has 1 fully saturated rings. The van der Waals surface area contributed by atoms with E-state index in [0.717, 1.165) is 29.3 Å². The smallest absolute Gasteiger partial charge is 0.315 e. The minimum Gasteiger partial charge on any atom is -0.338 e. The topological polar surface area (TPSA) is 71.8 Å². The van der Waals surface area contributed by atoms with Gasteiger partial charge in [-0.05, 0) is 50.3 Å². The Morgan fingerprint density at radius 3 is 2.70 bits per heavy atom. The van der Waals surface area contributed by atoms with Gasteiger partial charge >= 0.3 is 6.03 Å². The molecule has 122 valence electrons. The Bertz CT molecular complexity index is 673. The first kappa shape index (κ1) is 15.5. The van der Waals surface area contributed by atoms with Gasteiger partial charge in [0.15, 0.2) is 5.82 Å². The normalized spacial score (nSPS) is 14.3. The number of carbonyl (C=O) groups is 1. The Morgan fingerprint density at radius 1 is 1.30 bits per heavy atom. The van der Waals surface area contributed by atoms with E-state index in [0.29, 0.717) is 12.5 Å². The van der Waals surface area contributed by atoms with Crippen LogP contribution < -0.4 is 10.6 Å². The van der Waals surface area contributed by atoms with E-state index in [1.54, 1.807) is 6.20 Å². The lowest BCUT2D eigenvalue weighted by atomic mass is 9.85. The second-order valence-electron chi connectivity index (χ2n) is 6.22. The highest BCUT2D eigenvalue weighted by Gasteiger charge is 2.17. The first-order chi connectivity index (χ1) is 11.1. The number of aryl methyl sites for hydroxylation is 2. The molecule has 1 aliphatic carbocycles. The van der Waals surface area contributed by atoms with Crippen molar-refractivity contribution in [1.29, 1.82) is 0 Å². The minimum atomic E-state index is -0.112. The zero-order valence-electron chi connectivity index (χ0n) is 13.7. The summed E-state index contributed by atoms with van der Waals surface area (Å²) in [5, 5.41) is 10.2. The number of amides is 2. The largest absolute Gasteiger partial charge is 0.338 e. The predicted octanol–water partition coefficient (Wildman–Crippen LogP) is 2.48. The molecular weight excluding hydrogens is 290 g/mol. The van der Waals surface area contributed by atoms with Crippen LogP contribution in [0.25, 0.3) is 5.82 Å². The molecule has 1 saturated carbocycles. The van der Waals surface area contributed by atoms with Crippen molar-refractivity contribution in [2.75, 3.05) is 6.54 Å². The van der Waals surface area contributed by atoms with E-state index in [9.17, 15) is 4.79 Å². The molecule has 6 heteroatoms. The van der Waals surface area contributed by atoms with Crippen LogP contribution >= 0.6 is 0 Å². The number of rotatable bonds is 5. The molecule has 0 bridgehead atoms. The molecule has 3 rings (SSSR count). The van der Waals surface area contributed by atoms with E-state index in [1.807, 2.05) is 36.7 Å². The average Bonchev–Trinajstić information content (AvgIpc) is 2.83. The van der Waals surface area contributed by atoms with E-state index in [-0.39, 0.29) is 6.03 Å². The van der Waals surface area contributed by atoms with E-state index < -0.39 is 0 Å². The summed E-state index contributed by atoms with van der Waals surface area (Å²) in [5.41, 5.74) is 2.99. The number of nitrogens with one attached hydrogen (secondary N) is 2. The van der Waals surface area contributed by atoms with Gasteiger partial charge in [-0.3, -0.25) is 0 Å². The molecule has 1 aliphatic rings. The molecule has 0 unspecified atom stereocenters. The minimum absolute atomic E-state index is 0.112. The number of urea groups is 1. The van der Waals surface area contributed by atoms with Gasteiger partial charge in [0.05, 0.1) is 5.69 Å². The summed E-state index contributed by atoms with van der Waals surface area (Å²) in [5.74, 6) is 1.45. The molecule has 0 atom stereocenters. The van der Waals surface area contributed by atoms with E-state index in [2.05, 4.69) is 20.7 Å². The van der Waals surface area contributed by atoms with Crippen molar-refractivity contribution >= 4 is 6.03 Å². The van der Waals surface area contributed by atoms with Gasteiger partial charge in [-0.25, -0.2) is 14.5 Å². The summed E-state index contributed by atoms with van der Waals surface area (Å²) >= 11 is 0. The quantitative estimate of drug-likeness (QED) is 0.891. The van der Waals surface area contributed by atoms with E-state index in [4.69, 9.17) is 0 Å². The van der Waals surface area contributed by atoms with Gasteiger partial charge in [-0.1, -0.05) is 12.5 Å². The van der Waals surface area contributed by atoms with Crippen molar-refractivity contribution in [3.8, 4) is 5.82 Å². The van der Waals surface area contributed by atoms with Crippen molar-refractivity contribution in [3.63, 3.8) is 0 Å². The van der Waals surface area contributed by atoms with Crippen LogP contribution in [0.1, 0.15) is 36.2 Å². The monoisotopic (exact) mass is 313 g/mol. The van der Waals surface area contributed by atoms with Gasteiger partial charge in [0.1, 0.15) is 0 Å². The van der Waals surface area contributed by atoms with Gasteiger partial charge < -0.3 is 10.6 Å². The average molecular weight is 313 g/mol. The van der Waals surface area contributed by atoms with Crippen LogP contribution in [0.5, 0.6) is 0 Å². The molecule has 0 radical (unpaired) electrons. The lowest BCUT2D eigenvalue weighted by Crippen LogP contribution is -2.39. The number of nitrogens with zero attached hydrogens (tertiary/aromatic N) is 3. The molecule has 0 aromatic carbocycles. The third-order valence-corrected chi connectivity index (χ3v) is 4.26. The highest BCUT2D eigenvalue weighted by molar-refractivity contribution is 5.73. The van der Waals surface area contributed by atoms with Gasteiger partial charge in [0.2, 0.25) is 0 Å². The van der Waals surface area contributed by atoms with Crippen molar-refractivity contribution < 1.29 is 4.79 Å². The maximum atomic E-state index is 11.7. The molecule has 0 saturated heterocycles. The Labute approximate surface area is 136 Å². The number of aromatic nitrogens is 3. The standard InChI is InChI=1S/C17H23N5O/c1-12-8-13(2)22(21-12)16-7-6-15(10-18-16)11-20-17(23)19-9-14-4-3-5-14/h6-8,10,14H,3-5,9,11H2,1-2H3,(H2,19,20,23). The van der Waals surface area contributed by atoms with E-state index >= 15 is 0 Å². The summed E-state index contributed by atoms with van der Waals surface area (Å²) in [4.78, 5) is 16.2. The van der Waals surface area contributed by atoms with Gasteiger partial charge in [-0.2, -0.15) is 5.10 Å². The highest BCUT2D eigenvalue weighted by atomic mass is 16.2. The van der Waals surface area contributed by atoms with Crippen LogP contribution in [0.4, 0.5) is 4.79 Å². The van der Waals surface area contributed by atoms with Crippen LogP contribution in [-0.4, -0.2) is 27.3 Å². The first-order valence-electron chi connectivity index (χ1n) is 8.12. The maximum Gasteiger partial charge on any atom is 0.315 e. The van der Waals surface area contributed by atoms with Crippen molar-refractivity contribution in [2.45, 2.75) is 39.7 Å². The third kappa shape index (κ3) is 3.88. The van der Waals surface area contributed by atoms with Crippen LogP contribution in [-0.2, 0) is 6.54 Å². The van der Waals surface area contributed by atoms with Crippen molar-refractivity contribution in [3.05, 3.63) is 41.3 Å². The number of hydrogen-bond acceptors (Lipinski definition) is 3. The van der Waals surface area contributed by atoms with Crippen molar-refractivity contribution in [2.24, 2.45) is 5.92 Å². The summed E-state index contributed by atoms with van der Waals surface area (Å²) in [6.07, 6.45) is 5.54. The third-order valence-electron chi connectivity index (χ3n) is 4.26. The predicted molar refractivity (Wildman–Crippen MR) is 88.4 cm³/mol. The summed E-state index contributed by atoms with van der Waals surface area (Å²) < 4.78 is 1.82. The molecule has 2 heterocycles. The number of carbonyl (C=O) groups excluding carboxylic acids is 1. The fraction of sp³-hybridized carbons (Fsp3) is 0.471. The van der Waals surface area contributed by atoms with Gasteiger partial charge in [-0.15, -0.1) is 0 Å². The molecule has 0 aliphatic heterocycles. The zero-order chi connectivity index (χ0) is 16.2. The van der Waals surface area contributed by atoms with Crippen LogP contribution in [0.2, 0.25) is 0 Å². The molecule has 2 aromatic heterocycles. The highest BCUT2D eigenvalue weighted by Crippen LogP contribution is 2.25. The fourth-order valence-electron chi connectivity index (χ4n) is 2.69. The molecule has 0 spiro atoms. The maximum absolute atomic E-state index is 11.7. The summed E-state index contributed by atoms with van der Waals surface area (Å²) in [7, 11) is 0. The molecule has 2 amide bonds. The molecule has 23 heavy (non-hydrogen) atoms. The Kier molecular flexibility index (Phi) is 4.60. The second kappa shape index (κ2) is 6.81. The molecule has 6 nitrogen and oxygen atoms in total. The first-order valence-corrected chi connectivity index (χ1v) is 8.12. The van der Waals surface area contributed by atoms with Crippen LogP contribution in [0, 0.1) is 19.8 Å². The SMILES string of the molecule is Cc1cc(C)n(-c2ccc(CNC(=O)NCC3CCC3)cn2)n1. The van der Waals surface area contributed by atoms with E-state index in [1.165, 1.54) is 19.3 Å². The van der Waals surface area contributed by atoms with Crippen LogP contribution in [0.3, 0.4) is 0 Å². The zero-order valence-corrected chi connectivity index (χ0v) is 13.7. The number of pyridine rings is 1. The number of hydrogen-bond donors (Lipinski definition) is 2. The van der Waals surface area contributed by atoms with Gasteiger partial charge in [0.25, 0.3) is 0 Å². The summed E-state index contributed by atoms with van der Waals surface area (Å²) in [6.45, 7) is 5.22. The molecule has 2 N–H and O–H groups in total.